The maximum atomic E-state index is 12.4. The number of carbonyl (C=O) groups excluding carboxylic acids is 1. The van der Waals surface area contributed by atoms with E-state index in [0.29, 0.717) is 5.56 Å². The van der Waals surface area contributed by atoms with Crippen LogP contribution < -0.4 is 5.32 Å². The van der Waals surface area contributed by atoms with Crippen LogP contribution in [0.2, 0.25) is 0 Å². The zero-order chi connectivity index (χ0) is 15.3. The molecule has 1 N–H and O–H groups in total. The zero-order valence-corrected chi connectivity index (χ0v) is 12.9. The van der Waals surface area contributed by atoms with Gasteiger partial charge in [-0.25, -0.2) is 0 Å². The zero-order valence-electron chi connectivity index (χ0n) is 12.1. The molecule has 0 heterocycles. The molecule has 1 aliphatic carbocycles. The molecule has 1 fully saturated rings. The molecule has 5 nitrogen and oxygen atoms in total. The van der Waals surface area contributed by atoms with Crippen LogP contribution in [0.25, 0.3) is 0 Å². The summed E-state index contributed by atoms with van der Waals surface area (Å²) in [6.45, 7) is 0. The van der Waals surface area contributed by atoms with E-state index in [1.165, 1.54) is 6.42 Å². The Balaban J connectivity index is 2.12. The first kappa shape index (κ1) is 16.0. The van der Waals surface area contributed by atoms with Crippen molar-refractivity contribution in [2.75, 3.05) is 6.26 Å². The Kier molecular flexibility index (Phi) is 5.36. The van der Waals surface area contributed by atoms with E-state index in [-0.39, 0.29) is 6.04 Å². The number of benzene rings is 1. The Morgan fingerprint density at radius 2 is 1.81 bits per heavy atom. The fourth-order valence-corrected chi connectivity index (χ4v) is 3.13. The van der Waals surface area contributed by atoms with E-state index in [9.17, 15) is 13.2 Å². The summed E-state index contributed by atoms with van der Waals surface area (Å²) >= 11 is 0. The second-order valence-corrected chi connectivity index (χ2v) is 7.04. The van der Waals surface area contributed by atoms with Crippen LogP contribution >= 0.6 is 0 Å². The molecule has 116 valence electrons. The standard InChI is InChI=1S/C15H21NO4S/c1-21(18,19)20-14(12-8-4-2-5-9-12)15(17)16-13-10-6-3-7-11-13/h2,4-5,8-9,13-14H,3,6-7,10-11H2,1H3,(H,16,17)/t14-/m1/s1. The molecular formula is C15H21NO4S. The van der Waals surface area contributed by atoms with Crippen LogP contribution in [0.5, 0.6) is 0 Å². The summed E-state index contributed by atoms with van der Waals surface area (Å²) in [5.74, 6) is -0.390. The fourth-order valence-electron chi connectivity index (χ4n) is 2.58. The minimum absolute atomic E-state index is 0.112. The van der Waals surface area contributed by atoms with Crippen molar-refractivity contribution < 1.29 is 17.4 Å². The van der Waals surface area contributed by atoms with E-state index in [1.807, 2.05) is 0 Å². The van der Waals surface area contributed by atoms with Gasteiger partial charge in [-0.3, -0.25) is 8.98 Å². The number of amides is 1. The molecule has 1 aromatic carbocycles. The topological polar surface area (TPSA) is 72.5 Å². The Bertz CT molecular complexity index is 565. The van der Waals surface area contributed by atoms with Crippen molar-refractivity contribution in [2.24, 2.45) is 0 Å². The summed E-state index contributed by atoms with van der Waals surface area (Å²) in [4.78, 5) is 12.4. The summed E-state index contributed by atoms with van der Waals surface area (Å²) in [7, 11) is -3.72. The number of nitrogens with one attached hydrogen (secondary N) is 1. The predicted molar refractivity (Wildman–Crippen MR) is 80.1 cm³/mol. The van der Waals surface area contributed by atoms with E-state index in [1.54, 1.807) is 30.3 Å². The Hall–Kier alpha value is -1.40. The highest BCUT2D eigenvalue weighted by molar-refractivity contribution is 7.86. The number of hydrogen-bond donors (Lipinski definition) is 1. The fraction of sp³-hybridized carbons (Fsp3) is 0.533. The molecule has 1 saturated carbocycles. The molecule has 2 rings (SSSR count). The van der Waals surface area contributed by atoms with Crippen molar-refractivity contribution in [1.29, 1.82) is 0 Å². The summed E-state index contributed by atoms with van der Waals surface area (Å²) in [5.41, 5.74) is 0.538. The average Bonchev–Trinajstić information content (AvgIpc) is 2.46. The van der Waals surface area contributed by atoms with Crippen molar-refractivity contribution >= 4 is 16.0 Å². The molecule has 1 aliphatic rings. The van der Waals surface area contributed by atoms with Crippen molar-refractivity contribution in [2.45, 2.75) is 44.2 Å². The molecule has 0 radical (unpaired) electrons. The molecule has 0 spiro atoms. The molecule has 0 bridgehead atoms. The van der Waals surface area contributed by atoms with Gasteiger partial charge in [0.05, 0.1) is 6.26 Å². The molecule has 0 saturated heterocycles. The van der Waals surface area contributed by atoms with Gasteiger partial charge in [-0.15, -0.1) is 0 Å². The van der Waals surface area contributed by atoms with Crippen LogP contribution in [0.1, 0.15) is 43.8 Å². The van der Waals surface area contributed by atoms with Crippen LogP contribution in [0, 0.1) is 0 Å². The molecule has 1 aromatic rings. The number of carbonyl (C=O) groups is 1. The maximum Gasteiger partial charge on any atom is 0.265 e. The van der Waals surface area contributed by atoms with Crippen molar-refractivity contribution in [3.8, 4) is 0 Å². The molecule has 21 heavy (non-hydrogen) atoms. The lowest BCUT2D eigenvalue weighted by atomic mass is 9.95. The molecular weight excluding hydrogens is 290 g/mol. The van der Waals surface area contributed by atoms with E-state index in [4.69, 9.17) is 4.18 Å². The van der Waals surface area contributed by atoms with Gasteiger partial charge in [-0.05, 0) is 18.4 Å². The smallest absolute Gasteiger partial charge is 0.265 e. The lowest BCUT2D eigenvalue weighted by Crippen LogP contribution is -2.40. The molecule has 0 aliphatic heterocycles. The van der Waals surface area contributed by atoms with Crippen LogP contribution in [0.3, 0.4) is 0 Å². The summed E-state index contributed by atoms with van der Waals surface area (Å²) in [5, 5.41) is 2.91. The third-order valence-corrected chi connectivity index (χ3v) is 4.11. The summed E-state index contributed by atoms with van der Waals surface area (Å²) in [6, 6.07) is 8.80. The van der Waals surface area contributed by atoms with E-state index in [2.05, 4.69) is 5.32 Å². The summed E-state index contributed by atoms with van der Waals surface area (Å²) in [6.07, 6.45) is 5.08. The Morgan fingerprint density at radius 3 is 2.38 bits per heavy atom. The Morgan fingerprint density at radius 1 is 1.19 bits per heavy atom. The highest BCUT2D eigenvalue weighted by atomic mass is 32.2. The van der Waals surface area contributed by atoms with E-state index in [0.717, 1.165) is 31.9 Å². The van der Waals surface area contributed by atoms with Crippen molar-refractivity contribution in [3.05, 3.63) is 35.9 Å². The van der Waals surface area contributed by atoms with Gasteiger partial charge >= 0.3 is 0 Å². The highest BCUT2D eigenvalue weighted by Gasteiger charge is 2.27. The first-order chi connectivity index (χ1) is 9.96. The second-order valence-electron chi connectivity index (χ2n) is 5.43. The van der Waals surface area contributed by atoms with Gasteiger partial charge in [0.2, 0.25) is 0 Å². The van der Waals surface area contributed by atoms with Gasteiger partial charge < -0.3 is 5.32 Å². The van der Waals surface area contributed by atoms with Crippen molar-refractivity contribution in [1.82, 2.24) is 5.32 Å². The van der Waals surface area contributed by atoms with Gasteiger partial charge in [0.1, 0.15) is 0 Å². The first-order valence-corrected chi connectivity index (χ1v) is 9.01. The Labute approximate surface area is 125 Å². The first-order valence-electron chi connectivity index (χ1n) is 7.19. The highest BCUT2D eigenvalue weighted by Crippen LogP contribution is 2.22. The van der Waals surface area contributed by atoms with Gasteiger partial charge in [-0.2, -0.15) is 8.42 Å². The third kappa shape index (κ3) is 5.13. The predicted octanol–water partition coefficient (Wildman–Crippen LogP) is 2.15. The van der Waals surface area contributed by atoms with E-state index < -0.39 is 22.1 Å². The van der Waals surface area contributed by atoms with Gasteiger partial charge in [0.25, 0.3) is 16.0 Å². The minimum Gasteiger partial charge on any atom is -0.351 e. The number of hydrogen-bond acceptors (Lipinski definition) is 4. The number of rotatable bonds is 5. The summed E-state index contributed by atoms with van der Waals surface area (Å²) < 4.78 is 27.8. The molecule has 1 amide bonds. The second kappa shape index (κ2) is 7.04. The SMILES string of the molecule is CS(=O)(=O)O[C@@H](C(=O)NC1CCCCC1)c1ccccc1. The lowest BCUT2D eigenvalue weighted by Gasteiger charge is -2.25. The largest absolute Gasteiger partial charge is 0.351 e. The maximum absolute atomic E-state index is 12.4. The van der Waals surface area contributed by atoms with Gasteiger partial charge in [-0.1, -0.05) is 49.6 Å². The van der Waals surface area contributed by atoms with E-state index >= 15 is 0 Å². The molecule has 6 heteroatoms. The van der Waals surface area contributed by atoms with Crippen molar-refractivity contribution in [3.63, 3.8) is 0 Å². The molecule has 0 aromatic heterocycles. The third-order valence-electron chi connectivity index (χ3n) is 3.56. The van der Waals surface area contributed by atoms with Crippen LogP contribution in [-0.2, 0) is 19.1 Å². The van der Waals surface area contributed by atoms with Crippen LogP contribution in [0.15, 0.2) is 30.3 Å². The van der Waals surface area contributed by atoms with Crippen LogP contribution in [-0.4, -0.2) is 26.6 Å². The lowest BCUT2D eigenvalue weighted by molar-refractivity contribution is -0.129. The van der Waals surface area contributed by atoms with Gasteiger partial charge in [0, 0.05) is 6.04 Å². The monoisotopic (exact) mass is 311 g/mol. The molecule has 1 atom stereocenters. The average molecular weight is 311 g/mol. The normalized spacial score (nSPS) is 18.1. The minimum atomic E-state index is -3.72. The van der Waals surface area contributed by atoms with Crippen LogP contribution in [0.4, 0.5) is 0 Å². The quantitative estimate of drug-likeness (QED) is 0.846. The van der Waals surface area contributed by atoms with Gasteiger partial charge in [0.15, 0.2) is 6.10 Å². The molecule has 0 unspecified atom stereocenters.